The summed E-state index contributed by atoms with van der Waals surface area (Å²) in [6.07, 6.45) is 3.89. The Labute approximate surface area is 119 Å². The van der Waals surface area contributed by atoms with Gasteiger partial charge in [0.05, 0.1) is 13.2 Å². The number of esters is 1. The second kappa shape index (κ2) is 8.99. The van der Waals surface area contributed by atoms with Crippen molar-refractivity contribution >= 4 is 5.97 Å². The molecular formula is C15H21N3O2. The summed E-state index contributed by atoms with van der Waals surface area (Å²) in [5.41, 5.74) is 10.8. The van der Waals surface area contributed by atoms with Crippen LogP contribution >= 0.6 is 0 Å². The maximum atomic E-state index is 11.0. The van der Waals surface area contributed by atoms with Crippen LogP contribution < -0.4 is 0 Å². The number of nitrogens with zero attached hydrogens (tertiary/aromatic N) is 3. The molecule has 108 valence electrons. The van der Waals surface area contributed by atoms with E-state index in [2.05, 4.69) is 21.7 Å². The van der Waals surface area contributed by atoms with E-state index in [1.165, 1.54) is 12.7 Å². The molecule has 0 aliphatic carbocycles. The van der Waals surface area contributed by atoms with Crippen molar-refractivity contribution in [1.82, 2.24) is 0 Å². The predicted octanol–water partition coefficient (Wildman–Crippen LogP) is 4.33. The fraction of sp³-hybridized carbons (Fsp3) is 0.533. The van der Waals surface area contributed by atoms with Crippen LogP contribution in [0.15, 0.2) is 29.4 Å². The molecule has 0 spiro atoms. The molecule has 0 saturated carbocycles. The Kier molecular flexibility index (Phi) is 7.22. The van der Waals surface area contributed by atoms with Gasteiger partial charge in [-0.15, -0.1) is 0 Å². The molecular weight excluding hydrogens is 254 g/mol. The lowest BCUT2D eigenvalue weighted by molar-refractivity contribution is -0.140. The molecule has 1 aromatic rings. The minimum absolute atomic E-state index is 0.0888. The molecule has 0 aliphatic heterocycles. The number of ether oxygens (including phenoxy) is 1. The minimum atomic E-state index is -0.173. The summed E-state index contributed by atoms with van der Waals surface area (Å²) in [6.45, 7) is 2.07. The van der Waals surface area contributed by atoms with Gasteiger partial charge < -0.3 is 4.74 Å². The Hall–Kier alpha value is -2.00. The van der Waals surface area contributed by atoms with E-state index in [9.17, 15) is 4.79 Å². The standard InChI is InChI=1S/C15H21N3O2/c1-3-5-14(17-18-16)13-10-8-12(9-11-13)6-4-7-15(19)20-2/h8-11,14H,3-7H2,1-2H3. The monoisotopic (exact) mass is 275 g/mol. The number of aryl methyl sites for hydroxylation is 1. The summed E-state index contributed by atoms with van der Waals surface area (Å²) in [7, 11) is 1.40. The van der Waals surface area contributed by atoms with Crippen LogP contribution in [0.4, 0.5) is 0 Å². The highest BCUT2D eigenvalue weighted by atomic mass is 16.5. The van der Waals surface area contributed by atoms with Crippen molar-refractivity contribution in [2.24, 2.45) is 5.11 Å². The van der Waals surface area contributed by atoms with Gasteiger partial charge in [0, 0.05) is 11.3 Å². The summed E-state index contributed by atoms with van der Waals surface area (Å²) in [5, 5.41) is 3.83. The number of carbonyl (C=O) groups is 1. The van der Waals surface area contributed by atoms with E-state index in [0.29, 0.717) is 6.42 Å². The second-order valence-electron chi connectivity index (χ2n) is 4.68. The molecule has 0 amide bonds. The number of hydrogen-bond acceptors (Lipinski definition) is 3. The average molecular weight is 275 g/mol. The van der Waals surface area contributed by atoms with Crippen molar-refractivity contribution in [3.8, 4) is 0 Å². The van der Waals surface area contributed by atoms with Gasteiger partial charge in [-0.25, -0.2) is 0 Å². The Bertz CT molecular complexity index is 465. The highest BCUT2D eigenvalue weighted by Gasteiger charge is 2.08. The molecule has 1 aromatic carbocycles. The maximum Gasteiger partial charge on any atom is 0.305 e. The number of rotatable bonds is 8. The quantitative estimate of drug-likeness (QED) is 0.306. The molecule has 5 heteroatoms. The smallest absolute Gasteiger partial charge is 0.305 e. The normalized spacial score (nSPS) is 11.5. The molecule has 0 N–H and O–H groups in total. The summed E-state index contributed by atoms with van der Waals surface area (Å²) >= 11 is 0. The summed E-state index contributed by atoms with van der Waals surface area (Å²) < 4.78 is 4.61. The lowest BCUT2D eigenvalue weighted by Gasteiger charge is -2.11. The number of hydrogen-bond donors (Lipinski definition) is 0. The number of methoxy groups -OCH3 is 1. The van der Waals surface area contributed by atoms with E-state index in [0.717, 1.165) is 31.2 Å². The van der Waals surface area contributed by atoms with Gasteiger partial charge in [-0.2, -0.15) is 0 Å². The van der Waals surface area contributed by atoms with Crippen LogP contribution in [0.2, 0.25) is 0 Å². The van der Waals surface area contributed by atoms with E-state index >= 15 is 0 Å². The van der Waals surface area contributed by atoms with Crippen LogP contribution in [0.1, 0.15) is 49.8 Å². The first-order chi connectivity index (χ1) is 9.71. The molecule has 20 heavy (non-hydrogen) atoms. The Balaban J connectivity index is 2.58. The minimum Gasteiger partial charge on any atom is -0.469 e. The fourth-order valence-electron chi connectivity index (χ4n) is 2.07. The molecule has 0 aliphatic rings. The first-order valence-corrected chi connectivity index (χ1v) is 6.91. The summed E-state index contributed by atoms with van der Waals surface area (Å²) in [5.74, 6) is -0.173. The topological polar surface area (TPSA) is 75.1 Å². The molecule has 0 fully saturated rings. The van der Waals surface area contributed by atoms with Crippen molar-refractivity contribution in [3.63, 3.8) is 0 Å². The molecule has 1 rings (SSSR count). The van der Waals surface area contributed by atoms with E-state index < -0.39 is 0 Å². The van der Waals surface area contributed by atoms with E-state index in [1.807, 2.05) is 24.3 Å². The van der Waals surface area contributed by atoms with Gasteiger partial charge in [-0.1, -0.05) is 42.7 Å². The highest BCUT2D eigenvalue weighted by molar-refractivity contribution is 5.69. The highest BCUT2D eigenvalue weighted by Crippen LogP contribution is 2.23. The zero-order valence-electron chi connectivity index (χ0n) is 12.1. The molecule has 1 unspecified atom stereocenters. The van der Waals surface area contributed by atoms with Crippen LogP contribution in [0.3, 0.4) is 0 Å². The lowest BCUT2D eigenvalue weighted by Crippen LogP contribution is -2.00. The first-order valence-electron chi connectivity index (χ1n) is 6.91. The third-order valence-electron chi connectivity index (χ3n) is 3.19. The lowest BCUT2D eigenvalue weighted by atomic mass is 10.00. The van der Waals surface area contributed by atoms with Crippen molar-refractivity contribution in [2.75, 3.05) is 7.11 Å². The number of carbonyl (C=O) groups excluding carboxylic acids is 1. The Morgan fingerprint density at radius 3 is 2.65 bits per heavy atom. The number of azide groups is 1. The van der Waals surface area contributed by atoms with Gasteiger partial charge in [-0.05, 0) is 35.9 Å². The van der Waals surface area contributed by atoms with Crippen molar-refractivity contribution in [2.45, 2.75) is 45.1 Å². The van der Waals surface area contributed by atoms with E-state index in [1.54, 1.807) is 0 Å². The molecule has 0 bridgehead atoms. The van der Waals surface area contributed by atoms with Crippen LogP contribution in [-0.4, -0.2) is 13.1 Å². The summed E-state index contributed by atoms with van der Waals surface area (Å²) in [6, 6.07) is 7.98. The van der Waals surface area contributed by atoms with Crippen molar-refractivity contribution < 1.29 is 9.53 Å². The maximum absolute atomic E-state index is 11.0. The SMILES string of the molecule is CCCC(N=[N+]=[N-])c1ccc(CCCC(=O)OC)cc1. The van der Waals surface area contributed by atoms with Crippen molar-refractivity contribution in [1.29, 1.82) is 0 Å². The van der Waals surface area contributed by atoms with Gasteiger partial charge >= 0.3 is 5.97 Å². The average Bonchev–Trinajstić information content (AvgIpc) is 2.47. The molecule has 0 aromatic heterocycles. The third kappa shape index (κ3) is 5.33. The van der Waals surface area contributed by atoms with Crippen LogP contribution in [0.5, 0.6) is 0 Å². The van der Waals surface area contributed by atoms with Crippen LogP contribution in [0.25, 0.3) is 10.4 Å². The zero-order valence-corrected chi connectivity index (χ0v) is 12.1. The van der Waals surface area contributed by atoms with Gasteiger partial charge in [-0.3, -0.25) is 4.79 Å². The predicted molar refractivity (Wildman–Crippen MR) is 78.2 cm³/mol. The fourth-order valence-corrected chi connectivity index (χ4v) is 2.07. The van der Waals surface area contributed by atoms with Gasteiger partial charge in [0.15, 0.2) is 0 Å². The Morgan fingerprint density at radius 1 is 1.40 bits per heavy atom. The third-order valence-corrected chi connectivity index (χ3v) is 3.19. The van der Waals surface area contributed by atoms with E-state index in [4.69, 9.17) is 5.53 Å². The van der Waals surface area contributed by atoms with Crippen LogP contribution in [-0.2, 0) is 16.0 Å². The Morgan fingerprint density at radius 2 is 2.10 bits per heavy atom. The van der Waals surface area contributed by atoms with E-state index in [-0.39, 0.29) is 12.0 Å². The van der Waals surface area contributed by atoms with Crippen molar-refractivity contribution in [3.05, 3.63) is 45.8 Å². The molecule has 0 saturated heterocycles. The van der Waals surface area contributed by atoms with Gasteiger partial charge in [0.2, 0.25) is 0 Å². The molecule has 0 radical (unpaired) electrons. The molecule has 0 heterocycles. The summed E-state index contributed by atoms with van der Waals surface area (Å²) in [4.78, 5) is 13.9. The largest absolute Gasteiger partial charge is 0.469 e. The molecule has 1 atom stereocenters. The zero-order chi connectivity index (χ0) is 14.8. The second-order valence-corrected chi connectivity index (χ2v) is 4.68. The van der Waals surface area contributed by atoms with Crippen LogP contribution in [0, 0.1) is 0 Å². The number of benzene rings is 1. The first kappa shape index (κ1) is 16.1. The van der Waals surface area contributed by atoms with Gasteiger partial charge in [0.25, 0.3) is 0 Å². The van der Waals surface area contributed by atoms with Gasteiger partial charge in [0.1, 0.15) is 0 Å². The molecule has 5 nitrogen and oxygen atoms in total.